The van der Waals surface area contributed by atoms with E-state index in [1.165, 1.54) is 40.8 Å². The Hall–Kier alpha value is -1.00. The van der Waals surface area contributed by atoms with Crippen LogP contribution in [0.25, 0.3) is 0 Å². The smallest absolute Gasteiger partial charge is 0.501 e. The van der Waals surface area contributed by atoms with Gasteiger partial charge in [0.05, 0.1) is 0 Å². The summed E-state index contributed by atoms with van der Waals surface area (Å²) < 4.78 is 5.42. The number of hydrogen-bond acceptors (Lipinski definition) is 1. The van der Waals surface area contributed by atoms with E-state index >= 15 is 0 Å². The number of allylic oxidation sites excluding steroid dienone is 9. The summed E-state index contributed by atoms with van der Waals surface area (Å²) in [5.74, 6) is 3.80. The summed E-state index contributed by atoms with van der Waals surface area (Å²) >= 11 is -0.595. The number of hydrogen-bond donors (Lipinski definition) is 0. The van der Waals surface area contributed by atoms with E-state index in [1.54, 1.807) is 0 Å². The van der Waals surface area contributed by atoms with E-state index in [0.717, 1.165) is 19.4 Å². The molecule has 0 amide bonds. The van der Waals surface area contributed by atoms with Gasteiger partial charge in [-0.25, -0.2) is 0 Å². The standard InChI is InChI=1S/C20H18.C4H8O.CH3.Al.Ti/c1-2-19(16-10-6-7-11-16)20(18-14-8-9-15-18)17-12-4-3-5-13-17;1-2-3-4-5;;;/h3-10,12-14,19H,1,11,15H2;1-4H2;1H3;;/q-2;-1;;+1;+2. The van der Waals surface area contributed by atoms with Crippen LogP contribution in [-0.2, 0) is 25.5 Å². The molecule has 1 aliphatic heterocycles. The molecule has 28 heavy (non-hydrogen) atoms. The van der Waals surface area contributed by atoms with Gasteiger partial charge in [0.25, 0.3) is 0 Å². The Morgan fingerprint density at radius 1 is 1.07 bits per heavy atom. The molecule has 0 aromatic heterocycles. The monoisotopic (exact) mass is 420 g/mol. The summed E-state index contributed by atoms with van der Waals surface area (Å²) in [5.41, 5.74) is 4.04. The fourth-order valence-electron chi connectivity index (χ4n) is 3.80. The fraction of sp³-hybridized carbons (Fsp3) is 0.320. The van der Waals surface area contributed by atoms with E-state index in [4.69, 9.17) is 3.79 Å². The Labute approximate surface area is 190 Å². The summed E-state index contributed by atoms with van der Waals surface area (Å²) in [6.07, 6.45) is 21.1. The molecule has 0 spiro atoms. The molecule has 1 nitrogen and oxygen atoms in total. The van der Waals surface area contributed by atoms with E-state index < -0.39 is 14.5 Å². The van der Waals surface area contributed by atoms with Crippen molar-refractivity contribution in [3.63, 3.8) is 0 Å². The average molecular weight is 420 g/mol. The zero-order chi connectivity index (χ0) is 18.9. The van der Waals surface area contributed by atoms with Crippen molar-refractivity contribution in [2.45, 2.75) is 36.8 Å². The van der Waals surface area contributed by atoms with E-state index in [9.17, 15) is 0 Å². The van der Waals surface area contributed by atoms with Crippen molar-refractivity contribution < 1.29 is 25.5 Å². The SMILES string of the molecule is C=[C-]C(C1=CC=CC1)[C-](C1=CC=CC1)c1ccccc1.[CH3][Al]1[CH2]CCC[O]1.[Ti+2]. The molecule has 142 valence electrons. The maximum Gasteiger partial charge on any atom is 2.00 e. The van der Waals surface area contributed by atoms with Gasteiger partial charge in [0, 0.05) is 6.61 Å². The van der Waals surface area contributed by atoms with Crippen molar-refractivity contribution in [1.29, 1.82) is 0 Å². The van der Waals surface area contributed by atoms with Crippen molar-refractivity contribution >= 4 is 14.5 Å². The first-order valence-electron chi connectivity index (χ1n) is 10.1. The maximum absolute atomic E-state index is 5.42. The second-order valence-electron chi connectivity index (χ2n) is 7.29. The van der Waals surface area contributed by atoms with E-state index in [2.05, 4.69) is 85.2 Å². The zero-order valence-corrected chi connectivity index (χ0v) is 19.6. The van der Waals surface area contributed by atoms with Gasteiger partial charge in [-0.2, -0.15) is 5.92 Å². The third-order valence-corrected chi connectivity index (χ3v) is 7.30. The quantitative estimate of drug-likeness (QED) is 0.396. The fourth-order valence-corrected chi connectivity index (χ4v) is 5.40. The first-order valence-corrected chi connectivity index (χ1v) is 12.5. The van der Waals surface area contributed by atoms with Crippen molar-refractivity contribution in [3.05, 3.63) is 102 Å². The molecule has 1 aromatic carbocycles. The molecule has 3 aliphatic rings. The predicted octanol–water partition coefficient (Wildman–Crippen LogP) is 6.40. The van der Waals surface area contributed by atoms with Crippen LogP contribution < -0.4 is 0 Å². The minimum Gasteiger partial charge on any atom is -0.501 e. The largest absolute Gasteiger partial charge is 2.00 e. The Morgan fingerprint density at radius 2 is 1.82 bits per heavy atom. The second kappa shape index (κ2) is 12.5. The molecular weight excluding hydrogens is 391 g/mol. The average Bonchev–Trinajstić information content (AvgIpc) is 3.42. The molecule has 0 N–H and O–H groups in total. The van der Waals surface area contributed by atoms with E-state index in [0.29, 0.717) is 0 Å². The van der Waals surface area contributed by atoms with Gasteiger partial charge < -0.3 is 9.86 Å². The summed E-state index contributed by atoms with van der Waals surface area (Å²) in [7, 11) is 0. The van der Waals surface area contributed by atoms with Crippen LogP contribution in [0.4, 0.5) is 0 Å². The van der Waals surface area contributed by atoms with Gasteiger partial charge in [0.1, 0.15) is 0 Å². The molecule has 1 saturated heterocycles. The van der Waals surface area contributed by atoms with Gasteiger partial charge >= 0.3 is 36.2 Å². The van der Waals surface area contributed by atoms with E-state index in [-0.39, 0.29) is 27.6 Å². The molecule has 0 radical (unpaired) electrons. The molecule has 0 saturated carbocycles. The van der Waals surface area contributed by atoms with Gasteiger partial charge in [-0.3, -0.25) is 6.58 Å². The van der Waals surface area contributed by atoms with Crippen molar-refractivity contribution in [2.24, 2.45) is 5.92 Å². The molecular formula is C25H29AlOTi. The normalized spacial score (nSPS) is 18.4. The minimum atomic E-state index is -0.595. The number of benzene rings is 1. The van der Waals surface area contributed by atoms with Crippen LogP contribution in [0.3, 0.4) is 0 Å². The Morgan fingerprint density at radius 3 is 2.32 bits per heavy atom. The topological polar surface area (TPSA) is 9.23 Å². The summed E-state index contributed by atoms with van der Waals surface area (Å²) in [4.78, 5) is 0. The van der Waals surface area contributed by atoms with Gasteiger partial charge in [-0.05, 0) is 19.3 Å². The predicted molar refractivity (Wildman–Crippen MR) is 116 cm³/mol. The summed E-state index contributed by atoms with van der Waals surface area (Å²) in [6.45, 7) is 5.01. The zero-order valence-electron chi connectivity index (χ0n) is 16.9. The maximum atomic E-state index is 5.42. The molecule has 0 bridgehead atoms. The first kappa shape index (κ1) is 23.3. The van der Waals surface area contributed by atoms with Crippen LogP contribution in [-0.4, -0.2) is 21.1 Å². The first-order chi connectivity index (χ1) is 13.3. The summed E-state index contributed by atoms with van der Waals surface area (Å²) in [6, 6.07) is 10.6. The van der Waals surface area contributed by atoms with Crippen molar-refractivity contribution in [3.8, 4) is 0 Å². The van der Waals surface area contributed by atoms with Crippen LogP contribution in [0, 0.1) is 17.9 Å². The summed E-state index contributed by atoms with van der Waals surface area (Å²) in [5, 5.41) is 1.40. The van der Waals surface area contributed by atoms with Crippen LogP contribution in [0.5, 0.6) is 0 Å². The van der Waals surface area contributed by atoms with Crippen molar-refractivity contribution in [2.75, 3.05) is 6.61 Å². The Balaban J connectivity index is 0.000000298. The molecule has 1 heterocycles. The number of rotatable bonds is 5. The Kier molecular flexibility index (Phi) is 10.4. The molecule has 1 unspecified atom stereocenters. The van der Waals surface area contributed by atoms with Crippen molar-refractivity contribution in [1.82, 2.24) is 0 Å². The second-order valence-corrected chi connectivity index (χ2v) is 9.82. The van der Waals surface area contributed by atoms with Crippen LogP contribution in [0.1, 0.15) is 31.2 Å². The van der Waals surface area contributed by atoms with Gasteiger partial charge in [0.15, 0.2) is 0 Å². The van der Waals surface area contributed by atoms with Gasteiger partial charge in [-0.1, -0.05) is 53.4 Å². The van der Waals surface area contributed by atoms with E-state index in [1.807, 2.05) is 0 Å². The Bertz CT molecular complexity index is 726. The third-order valence-electron chi connectivity index (χ3n) is 5.27. The van der Waals surface area contributed by atoms with Gasteiger partial charge in [-0.15, -0.1) is 53.5 Å². The minimum absolute atomic E-state index is 0. The van der Waals surface area contributed by atoms with Crippen LogP contribution >= 0.6 is 0 Å². The molecule has 3 heteroatoms. The molecule has 2 aliphatic carbocycles. The van der Waals surface area contributed by atoms with Gasteiger partial charge in [0.2, 0.25) is 0 Å². The van der Waals surface area contributed by atoms with Crippen LogP contribution in [0.2, 0.25) is 11.1 Å². The molecule has 4 rings (SSSR count). The molecule has 1 aromatic rings. The molecule has 1 fully saturated rings. The molecule has 1 atom stereocenters. The van der Waals surface area contributed by atoms with Crippen LogP contribution in [0.15, 0.2) is 84.5 Å². The third kappa shape index (κ3) is 6.52.